The van der Waals surface area contributed by atoms with Gasteiger partial charge in [-0.1, -0.05) is 44.2 Å². The molecule has 0 aliphatic carbocycles. The molecule has 0 aliphatic heterocycles. The van der Waals surface area contributed by atoms with Gasteiger partial charge in [-0.05, 0) is 32.0 Å². The molecule has 0 bridgehead atoms. The van der Waals surface area contributed by atoms with Crippen LogP contribution in [-0.2, 0) is 6.42 Å². The summed E-state index contributed by atoms with van der Waals surface area (Å²) in [5.74, 6) is 0. The molecule has 1 aromatic rings. The summed E-state index contributed by atoms with van der Waals surface area (Å²) < 4.78 is 0. The van der Waals surface area contributed by atoms with Gasteiger partial charge in [0.2, 0.25) is 0 Å². The molecule has 5 nitrogen and oxygen atoms in total. The van der Waals surface area contributed by atoms with Crippen molar-refractivity contribution >= 4 is 6.03 Å². The van der Waals surface area contributed by atoms with Crippen LogP contribution in [0.2, 0.25) is 0 Å². The molecular weight excluding hydrogens is 290 g/mol. The third-order valence-corrected chi connectivity index (χ3v) is 4.06. The second-order valence-corrected chi connectivity index (χ2v) is 7.15. The number of urea groups is 1. The third kappa shape index (κ3) is 7.48. The molecule has 2 atom stereocenters. The number of rotatable bonds is 8. The van der Waals surface area contributed by atoms with Crippen LogP contribution in [0.4, 0.5) is 4.79 Å². The topological polar surface area (TPSA) is 64.6 Å². The van der Waals surface area contributed by atoms with Crippen LogP contribution in [0, 0.1) is 5.41 Å². The molecule has 0 aromatic heterocycles. The zero-order valence-corrected chi connectivity index (χ0v) is 15.0. The molecule has 0 radical (unpaired) electrons. The second kappa shape index (κ2) is 8.89. The second-order valence-electron chi connectivity index (χ2n) is 7.15. The smallest absolute Gasteiger partial charge is 0.315 e. The Bertz CT molecular complexity index is 474. The zero-order chi connectivity index (χ0) is 17.5. The summed E-state index contributed by atoms with van der Waals surface area (Å²) in [7, 11) is 4.04. The molecular formula is C18H31N3O2. The van der Waals surface area contributed by atoms with Crippen LogP contribution >= 0.6 is 0 Å². The number of carbonyl (C=O) groups is 1. The number of aliphatic hydroxyl groups excluding tert-OH is 1. The molecule has 2 unspecified atom stereocenters. The lowest BCUT2D eigenvalue weighted by Crippen LogP contribution is -2.51. The molecule has 23 heavy (non-hydrogen) atoms. The highest BCUT2D eigenvalue weighted by atomic mass is 16.3. The van der Waals surface area contributed by atoms with Crippen molar-refractivity contribution in [2.24, 2.45) is 5.41 Å². The number of hydrogen-bond donors (Lipinski definition) is 3. The number of nitrogens with one attached hydrogen (secondary N) is 2. The van der Waals surface area contributed by atoms with E-state index in [2.05, 4.69) is 29.4 Å². The SMILES string of the molecule is CC(NC(=O)NCC(O)Cc1ccccc1)C(C)(C)CN(C)C. The molecule has 0 fully saturated rings. The minimum atomic E-state index is -0.590. The minimum Gasteiger partial charge on any atom is -0.391 e. The maximum absolute atomic E-state index is 12.0. The first-order chi connectivity index (χ1) is 10.7. The van der Waals surface area contributed by atoms with Gasteiger partial charge < -0.3 is 20.6 Å². The molecule has 130 valence electrons. The first-order valence-electron chi connectivity index (χ1n) is 8.12. The van der Waals surface area contributed by atoms with E-state index < -0.39 is 6.10 Å². The standard InChI is InChI=1S/C18H31N3O2/c1-14(18(2,3)13-21(4)5)20-17(23)19-12-16(22)11-15-9-7-6-8-10-15/h6-10,14,16,22H,11-13H2,1-5H3,(H2,19,20,23). The van der Waals surface area contributed by atoms with E-state index in [9.17, 15) is 9.90 Å². The maximum Gasteiger partial charge on any atom is 0.315 e. The van der Waals surface area contributed by atoms with Crippen molar-refractivity contribution in [1.29, 1.82) is 0 Å². The van der Waals surface area contributed by atoms with Gasteiger partial charge >= 0.3 is 6.03 Å². The largest absolute Gasteiger partial charge is 0.391 e. The van der Waals surface area contributed by atoms with Gasteiger partial charge in [0, 0.05) is 25.6 Å². The first-order valence-corrected chi connectivity index (χ1v) is 8.12. The summed E-state index contributed by atoms with van der Waals surface area (Å²) in [6.45, 7) is 7.38. The summed E-state index contributed by atoms with van der Waals surface area (Å²) in [6.07, 6.45) is -0.0590. The normalized spacial score (nSPS) is 14.4. The van der Waals surface area contributed by atoms with Crippen LogP contribution < -0.4 is 10.6 Å². The van der Waals surface area contributed by atoms with E-state index in [0.717, 1.165) is 12.1 Å². The van der Waals surface area contributed by atoms with Crippen LogP contribution in [0.5, 0.6) is 0 Å². The third-order valence-electron chi connectivity index (χ3n) is 4.06. The van der Waals surface area contributed by atoms with E-state index >= 15 is 0 Å². The van der Waals surface area contributed by atoms with Crippen molar-refractivity contribution in [1.82, 2.24) is 15.5 Å². The molecule has 1 rings (SSSR count). The van der Waals surface area contributed by atoms with Crippen molar-refractivity contribution in [2.75, 3.05) is 27.2 Å². The number of benzene rings is 1. The Morgan fingerprint density at radius 1 is 1.26 bits per heavy atom. The Morgan fingerprint density at radius 3 is 2.43 bits per heavy atom. The van der Waals surface area contributed by atoms with Crippen molar-refractivity contribution in [2.45, 2.75) is 39.3 Å². The van der Waals surface area contributed by atoms with Gasteiger partial charge in [0.15, 0.2) is 0 Å². The molecule has 1 aromatic carbocycles. The molecule has 3 N–H and O–H groups in total. The molecule has 2 amide bonds. The van der Waals surface area contributed by atoms with Crippen LogP contribution in [-0.4, -0.2) is 55.4 Å². The van der Waals surface area contributed by atoms with E-state index in [-0.39, 0.29) is 24.0 Å². The lowest BCUT2D eigenvalue weighted by Gasteiger charge is -2.34. The molecule has 0 saturated heterocycles. The molecule has 0 spiro atoms. The monoisotopic (exact) mass is 321 g/mol. The van der Waals surface area contributed by atoms with E-state index in [1.54, 1.807) is 0 Å². The number of aliphatic hydroxyl groups is 1. The van der Waals surface area contributed by atoms with Crippen molar-refractivity contribution < 1.29 is 9.90 Å². The van der Waals surface area contributed by atoms with Crippen LogP contribution in [0.1, 0.15) is 26.3 Å². The maximum atomic E-state index is 12.0. The van der Waals surface area contributed by atoms with E-state index in [4.69, 9.17) is 0 Å². The van der Waals surface area contributed by atoms with Crippen molar-refractivity contribution in [3.63, 3.8) is 0 Å². The van der Waals surface area contributed by atoms with E-state index in [1.807, 2.05) is 51.4 Å². The molecule has 0 saturated carbocycles. The highest BCUT2D eigenvalue weighted by Crippen LogP contribution is 2.20. The van der Waals surface area contributed by atoms with Crippen LogP contribution in [0.15, 0.2) is 30.3 Å². The fourth-order valence-corrected chi connectivity index (χ4v) is 2.56. The Morgan fingerprint density at radius 2 is 1.87 bits per heavy atom. The number of amides is 2. The van der Waals surface area contributed by atoms with Gasteiger partial charge in [-0.2, -0.15) is 0 Å². The minimum absolute atomic E-state index is 0.0242. The Kier molecular flexibility index (Phi) is 7.52. The van der Waals surface area contributed by atoms with Gasteiger partial charge in [0.1, 0.15) is 0 Å². The van der Waals surface area contributed by atoms with Crippen molar-refractivity contribution in [3.05, 3.63) is 35.9 Å². The lowest BCUT2D eigenvalue weighted by atomic mass is 9.85. The predicted molar refractivity (Wildman–Crippen MR) is 94.5 cm³/mol. The fraction of sp³-hybridized carbons (Fsp3) is 0.611. The fourth-order valence-electron chi connectivity index (χ4n) is 2.56. The van der Waals surface area contributed by atoms with Crippen LogP contribution in [0.25, 0.3) is 0 Å². The Hall–Kier alpha value is -1.59. The zero-order valence-electron chi connectivity index (χ0n) is 15.0. The average molecular weight is 321 g/mol. The number of nitrogens with zero attached hydrogens (tertiary/aromatic N) is 1. The molecule has 0 heterocycles. The molecule has 5 heteroatoms. The number of carbonyl (C=O) groups excluding carboxylic acids is 1. The van der Waals surface area contributed by atoms with Gasteiger partial charge in [-0.3, -0.25) is 0 Å². The van der Waals surface area contributed by atoms with E-state index in [1.165, 1.54) is 0 Å². The average Bonchev–Trinajstić information content (AvgIpc) is 2.45. The first kappa shape index (κ1) is 19.5. The Balaban J connectivity index is 2.36. The molecule has 0 aliphatic rings. The quantitative estimate of drug-likeness (QED) is 0.685. The number of hydrogen-bond acceptors (Lipinski definition) is 3. The summed E-state index contributed by atoms with van der Waals surface area (Å²) in [5, 5.41) is 15.7. The van der Waals surface area contributed by atoms with Gasteiger partial charge in [-0.25, -0.2) is 4.79 Å². The highest BCUT2D eigenvalue weighted by Gasteiger charge is 2.27. The van der Waals surface area contributed by atoms with Gasteiger partial charge in [-0.15, -0.1) is 0 Å². The predicted octanol–water partition coefficient (Wildman–Crippen LogP) is 1.87. The highest BCUT2D eigenvalue weighted by molar-refractivity contribution is 5.74. The van der Waals surface area contributed by atoms with Crippen LogP contribution in [0.3, 0.4) is 0 Å². The van der Waals surface area contributed by atoms with Crippen molar-refractivity contribution in [3.8, 4) is 0 Å². The summed E-state index contributed by atoms with van der Waals surface area (Å²) >= 11 is 0. The summed E-state index contributed by atoms with van der Waals surface area (Å²) in [4.78, 5) is 14.1. The summed E-state index contributed by atoms with van der Waals surface area (Å²) in [6, 6.07) is 9.54. The van der Waals surface area contributed by atoms with E-state index in [0.29, 0.717) is 6.42 Å². The Labute approximate surface area is 140 Å². The summed E-state index contributed by atoms with van der Waals surface area (Å²) in [5.41, 5.74) is 1.02. The van der Waals surface area contributed by atoms with Gasteiger partial charge in [0.25, 0.3) is 0 Å². The van der Waals surface area contributed by atoms with Gasteiger partial charge in [0.05, 0.1) is 6.10 Å². The lowest BCUT2D eigenvalue weighted by molar-refractivity contribution is 0.162.